The maximum absolute atomic E-state index is 11.7. The largest absolute Gasteiger partial charge is 0.459 e. The van der Waals surface area contributed by atoms with Gasteiger partial charge >= 0.3 is 5.97 Å². The zero-order chi connectivity index (χ0) is 13.7. The molecule has 2 rings (SSSR count). The van der Waals surface area contributed by atoms with Crippen LogP contribution in [0.2, 0.25) is 0 Å². The van der Waals surface area contributed by atoms with Crippen LogP contribution in [0.3, 0.4) is 0 Å². The van der Waals surface area contributed by atoms with E-state index in [2.05, 4.69) is 19.6 Å². The molecule has 2 atom stereocenters. The summed E-state index contributed by atoms with van der Waals surface area (Å²) in [5, 5.41) is 0. The second kappa shape index (κ2) is 6.87. The Labute approximate surface area is 114 Å². The molecule has 19 heavy (non-hydrogen) atoms. The smallest absolute Gasteiger partial charge is 0.338 e. The Morgan fingerprint density at radius 2 is 2.37 bits per heavy atom. The molecule has 106 valence electrons. The summed E-state index contributed by atoms with van der Waals surface area (Å²) in [6, 6.07) is 0. The Bertz CT molecular complexity index is 366. The molecule has 1 aliphatic heterocycles. The molecule has 1 saturated heterocycles. The second-order valence-corrected chi connectivity index (χ2v) is 5.22. The zero-order valence-corrected chi connectivity index (χ0v) is 11.5. The van der Waals surface area contributed by atoms with Crippen LogP contribution in [0.15, 0.2) is 23.8 Å². The number of carbonyl (C=O) groups is 1. The average Bonchev–Trinajstić information content (AvgIpc) is 2.46. The summed E-state index contributed by atoms with van der Waals surface area (Å²) in [7, 11) is 0. The number of ether oxygens (including phenoxy) is 3. The van der Waals surface area contributed by atoms with Crippen molar-refractivity contribution in [3.05, 3.63) is 23.8 Å². The number of carbonyl (C=O) groups excluding carboxylic acids is 1. The van der Waals surface area contributed by atoms with Crippen molar-refractivity contribution in [1.29, 1.82) is 0 Å². The first-order valence-electron chi connectivity index (χ1n) is 6.86. The van der Waals surface area contributed by atoms with Crippen molar-refractivity contribution in [2.24, 2.45) is 5.92 Å². The second-order valence-electron chi connectivity index (χ2n) is 5.22. The summed E-state index contributed by atoms with van der Waals surface area (Å²) < 4.78 is 15.8. The average molecular weight is 266 g/mol. The van der Waals surface area contributed by atoms with Crippen molar-refractivity contribution < 1.29 is 19.0 Å². The van der Waals surface area contributed by atoms with Crippen molar-refractivity contribution in [1.82, 2.24) is 0 Å². The fourth-order valence-electron chi connectivity index (χ4n) is 2.35. The minimum absolute atomic E-state index is 0.301. The van der Waals surface area contributed by atoms with E-state index in [1.807, 2.05) is 0 Å². The van der Waals surface area contributed by atoms with Gasteiger partial charge in [0.05, 0.1) is 19.8 Å². The van der Waals surface area contributed by atoms with Gasteiger partial charge in [0.1, 0.15) is 6.61 Å². The molecule has 0 aromatic heterocycles. The van der Waals surface area contributed by atoms with Crippen molar-refractivity contribution in [2.45, 2.75) is 32.3 Å². The molecular weight excluding hydrogens is 244 g/mol. The minimum atomic E-state index is -0.555. The van der Waals surface area contributed by atoms with Crippen LogP contribution in [-0.2, 0) is 19.0 Å². The lowest BCUT2D eigenvalue weighted by atomic mass is 9.86. The molecule has 4 heteroatoms. The van der Waals surface area contributed by atoms with E-state index < -0.39 is 6.10 Å². The fourth-order valence-corrected chi connectivity index (χ4v) is 2.35. The highest BCUT2D eigenvalue weighted by molar-refractivity contribution is 5.75. The maximum atomic E-state index is 11.7. The first-order chi connectivity index (χ1) is 9.16. The highest BCUT2D eigenvalue weighted by atomic mass is 16.6. The molecule has 4 nitrogen and oxygen atoms in total. The first kappa shape index (κ1) is 14.3. The molecule has 1 fully saturated rings. The molecule has 0 aromatic rings. The third kappa shape index (κ3) is 4.18. The van der Waals surface area contributed by atoms with E-state index in [9.17, 15) is 4.79 Å². The predicted molar refractivity (Wildman–Crippen MR) is 71.8 cm³/mol. The van der Waals surface area contributed by atoms with Crippen molar-refractivity contribution in [3.63, 3.8) is 0 Å². The van der Waals surface area contributed by atoms with Crippen LogP contribution in [0.5, 0.6) is 0 Å². The van der Waals surface area contributed by atoms with E-state index in [1.54, 1.807) is 0 Å². The molecule has 0 radical (unpaired) electrons. The fraction of sp³-hybridized carbons (Fsp3) is 0.667. The van der Waals surface area contributed by atoms with Crippen molar-refractivity contribution in [2.75, 3.05) is 26.4 Å². The van der Waals surface area contributed by atoms with E-state index in [4.69, 9.17) is 14.2 Å². The van der Waals surface area contributed by atoms with Gasteiger partial charge in [-0.1, -0.05) is 18.2 Å². The Morgan fingerprint density at radius 3 is 2.95 bits per heavy atom. The van der Waals surface area contributed by atoms with Crippen molar-refractivity contribution >= 4 is 5.97 Å². The lowest BCUT2D eigenvalue weighted by molar-refractivity contribution is -0.169. The SMILES string of the molecule is C=C(C)C1CC=C(COC(=O)C2COCCO2)CC1. The Kier molecular flexibility index (Phi) is 5.16. The van der Waals surface area contributed by atoms with Crippen LogP contribution < -0.4 is 0 Å². The summed E-state index contributed by atoms with van der Waals surface area (Å²) in [6.07, 6.45) is 4.70. The third-order valence-electron chi connectivity index (χ3n) is 3.68. The molecule has 0 amide bonds. The van der Waals surface area contributed by atoms with E-state index >= 15 is 0 Å². The summed E-state index contributed by atoms with van der Waals surface area (Å²) in [4.78, 5) is 11.7. The zero-order valence-electron chi connectivity index (χ0n) is 11.5. The monoisotopic (exact) mass is 266 g/mol. The van der Waals surface area contributed by atoms with E-state index in [0.29, 0.717) is 32.3 Å². The lowest BCUT2D eigenvalue weighted by Gasteiger charge is -2.24. The molecule has 0 saturated carbocycles. The number of hydrogen-bond acceptors (Lipinski definition) is 4. The van der Waals surface area contributed by atoms with Crippen LogP contribution in [-0.4, -0.2) is 38.5 Å². The quantitative estimate of drug-likeness (QED) is 0.578. The molecule has 0 bridgehead atoms. The molecule has 0 N–H and O–H groups in total. The Balaban J connectivity index is 1.73. The number of rotatable bonds is 4. The standard InChI is InChI=1S/C15H22O4/c1-11(2)13-5-3-12(4-6-13)9-19-15(16)14-10-17-7-8-18-14/h3,13-14H,1,4-10H2,2H3. The van der Waals surface area contributed by atoms with E-state index in [-0.39, 0.29) is 5.97 Å². The molecule has 2 aliphatic rings. The van der Waals surface area contributed by atoms with Crippen LogP contribution >= 0.6 is 0 Å². The van der Waals surface area contributed by atoms with Gasteiger partial charge in [-0.15, -0.1) is 0 Å². The number of esters is 1. The summed E-state index contributed by atoms with van der Waals surface area (Å²) in [6.45, 7) is 7.76. The van der Waals surface area contributed by atoms with Gasteiger partial charge in [0.25, 0.3) is 0 Å². The molecule has 1 heterocycles. The van der Waals surface area contributed by atoms with Crippen LogP contribution in [0, 0.1) is 5.92 Å². The van der Waals surface area contributed by atoms with Gasteiger partial charge in [0.2, 0.25) is 0 Å². The van der Waals surface area contributed by atoms with Crippen LogP contribution in [0.1, 0.15) is 26.2 Å². The Hall–Kier alpha value is -1.13. The highest BCUT2D eigenvalue weighted by Gasteiger charge is 2.24. The van der Waals surface area contributed by atoms with Gasteiger partial charge < -0.3 is 14.2 Å². The van der Waals surface area contributed by atoms with Gasteiger partial charge in [-0.3, -0.25) is 0 Å². The minimum Gasteiger partial charge on any atom is -0.459 e. The molecular formula is C15H22O4. The molecule has 1 aliphatic carbocycles. The Morgan fingerprint density at radius 1 is 1.53 bits per heavy atom. The normalized spacial score (nSPS) is 27.5. The highest BCUT2D eigenvalue weighted by Crippen LogP contribution is 2.28. The number of allylic oxidation sites excluding steroid dienone is 2. The summed E-state index contributed by atoms with van der Waals surface area (Å²) >= 11 is 0. The van der Waals surface area contributed by atoms with E-state index in [0.717, 1.165) is 19.3 Å². The predicted octanol–water partition coefficient (Wildman–Crippen LogP) is 2.25. The molecule has 0 spiro atoms. The third-order valence-corrected chi connectivity index (χ3v) is 3.68. The van der Waals surface area contributed by atoms with Crippen LogP contribution in [0.4, 0.5) is 0 Å². The number of hydrogen-bond donors (Lipinski definition) is 0. The lowest BCUT2D eigenvalue weighted by Crippen LogP contribution is -2.37. The van der Waals surface area contributed by atoms with Gasteiger partial charge in [-0.2, -0.15) is 0 Å². The van der Waals surface area contributed by atoms with Gasteiger partial charge in [-0.25, -0.2) is 4.79 Å². The van der Waals surface area contributed by atoms with Gasteiger partial charge in [0.15, 0.2) is 6.10 Å². The van der Waals surface area contributed by atoms with Gasteiger partial charge in [-0.05, 0) is 37.7 Å². The first-order valence-corrected chi connectivity index (χ1v) is 6.86. The van der Waals surface area contributed by atoms with E-state index in [1.165, 1.54) is 11.1 Å². The summed E-state index contributed by atoms with van der Waals surface area (Å²) in [5.74, 6) is 0.261. The summed E-state index contributed by atoms with van der Waals surface area (Å²) in [5.41, 5.74) is 2.43. The molecule has 0 aromatic carbocycles. The van der Waals surface area contributed by atoms with Crippen LogP contribution in [0.25, 0.3) is 0 Å². The van der Waals surface area contributed by atoms with Gasteiger partial charge in [0, 0.05) is 0 Å². The maximum Gasteiger partial charge on any atom is 0.338 e. The molecule has 2 unspecified atom stereocenters. The topological polar surface area (TPSA) is 44.8 Å². The van der Waals surface area contributed by atoms with Crippen molar-refractivity contribution in [3.8, 4) is 0 Å².